The van der Waals surface area contributed by atoms with Crippen molar-refractivity contribution in [2.45, 2.75) is 19.4 Å². The summed E-state index contributed by atoms with van der Waals surface area (Å²) in [6.07, 6.45) is 0.0643. The van der Waals surface area contributed by atoms with E-state index < -0.39 is 12.0 Å². The molecule has 0 radical (unpaired) electrons. The van der Waals surface area contributed by atoms with Crippen LogP contribution in [0.5, 0.6) is 11.5 Å². The van der Waals surface area contributed by atoms with E-state index in [0.717, 1.165) is 4.47 Å². The molecule has 108 valence electrons. The summed E-state index contributed by atoms with van der Waals surface area (Å²) in [5, 5.41) is 11.2. The summed E-state index contributed by atoms with van der Waals surface area (Å²) in [6, 6.07) is 2.56. The van der Waals surface area contributed by atoms with E-state index in [1.807, 2.05) is 0 Å². The van der Waals surface area contributed by atoms with Gasteiger partial charge in [-0.15, -0.1) is 0 Å². The minimum atomic E-state index is -1.07. The molecule has 1 amide bonds. The number of nitrogens with one attached hydrogen (secondary N) is 1. The van der Waals surface area contributed by atoms with Crippen molar-refractivity contribution in [3.63, 3.8) is 0 Å². The van der Waals surface area contributed by atoms with Crippen molar-refractivity contribution in [2.24, 2.45) is 0 Å². The number of hydrogen-bond acceptors (Lipinski definition) is 4. The van der Waals surface area contributed by atoms with Gasteiger partial charge in [0.05, 0.1) is 6.42 Å². The average Bonchev–Trinajstić information content (AvgIpc) is 2.39. The number of hydrogen-bond donors (Lipinski definition) is 2. The fourth-order valence-electron chi connectivity index (χ4n) is 1.77. The largest absolute Gasteiger partial charge is 0.486 e. The van der Waals surface area contributed by atoms with Crippen LogP contribution in [0.4, 0.5) is 0 Å². The van der Waals surface area contributed by atoms with Crippen LogP contribution in [0.3, 0.4) is 0 Å². The van der Waals surface area contributed by atoms with E-state index in [9.17, 15) is 9.59 Å². The fraction of sp³-hybridized carbons (Fsp3) is 0.385. The molecule has 1 atom stereocenters. The van der Waals surface area contributed by atoms with E-state index in [2.05, 4.69) is 21.2 Å². The van der Waals surface area contributed by atoms with E-state index in [0.29, 0.717) is 30.3 Å². The number of carbonyl (C=O) groups is 2. The highest BCUT2D eigenvalue weighted by atomic mass is 79.9. The van der Waals surface area contributed by atoms with Crippen LogP contribution in [0, 0.1) is 0 Å². The van der Waals surface area contributed by atoms with Gasteiger partial charge in [0, 0.05) is 4.47 Å². The summed E-state index contributed by atoms with van der Waals surface area (Å²) in [5.41, 5.74) is 0.712. The van der Waals surface area contributed by atoms with Gasteiger partial charge in [-0.05, 0) is 24.6 Å². The standard InChI is InChI=1S/C13H14BrNO5/c1-7(13(17)18)15-12(16)5-8-4-10-11(6-9(8)14)20-3-2-19-10/h4,6-7H,2-3,5H2,1H3,(H,15,16)(H,17,18)/t7-/m1/s1. The van der Waals surface area contributed by atoms with Crippen LogP contribution in [0.2, 0.25) is 0 Å². The van der Waals surface area contributed by atoms with Crippen molar-refractivity contribution < 1.29 is 24.2 Å². The molecule has 2 rings (SSSR count). The number of amides is 1. The van der Waals surface area contributed by atoms with Gasteiger partial charge < -0.3 is 19.9 Å². The smallest absolute Gasteiger partial charge is 0.325 e. The van der Waals surface area contributed by atoms with E-state index in [1.165, 1.54) is 6.92 Å². The Morgan fingerprint density at radius 2 is 1.95 bits per heavy atom. The second-order valence-corrected chi connectivity index (χ2v) is 5.25. The summed E-state index contributed by atoms with van der Waals surface area (Å²) in [5.74, 6) is -0.211. The number of fused-ring (bicyclic) bond motifs is 1. The summed E-state index contributed by atoms with van der Waals surface area (Å²) in [6.45, 7) is 2.38. The van der Waals surface area contributed by atoms with E-state index in [-0.39, 0.29) is 12.3 Å². The quantitative estimate of drug-likeness (QED) is 0.861. The van der Waals surface area contributed by atoms with Crippen molar-refractivity contribution in [1.29, 1.82) is 0 Å². The Labute approximate surface area is 124 Å². The number of carbonyl (C=O) groups excluding carboxylic acids is 1. The molecule has 1 aliphatic heterocycles. The molecule has 0 fully saturated rings. The van der Waals surface area contributed by atoms with Crippen LogP contribution < -0.4 is 14.8 Å². The molecule has 1 aliphatic rings. The summed E-state index contributed by atoms with van der Waals surface area (Å²) in [7, 11) is 0. The first-order valence-corrected chi connectivity index (χ1v) is 6.87. The minimum absolute atomic E-state index is 0.0643. The first-order chi connectivity index (χ1) is 9.47. The summed E-state index contributed by atoms with van der Waals surface area (Å²) < 4.78 is 11.6. The van der Waals surface area contributed by atoms with Crippen LogP contribution >= 0.6 is 15.9 Å². The second kappa shape index (κ2) is 6.13. The Morgan fingerprint density at radius 1 is 1.35 bits per heavy atom. The van der Waals surface area contributed by atoms with Gasteiger partial charge in [0.2, 0.25) is 5.91 Å². The van der Waals surface area contributed by atoms with Gasteiger partial charge in [-0.3, -0.25) is 9.59 Å². The molecule has 6 nitrogen and oxygen atoms in total. The van der Waals surface area contributed by atoms with E-state index in [1.54, 1.807) is 12.1 Å². The Bertz CT molecular complexity index is 546. The molecular formula is C13H14BrNO5. The predicted octanol–water partition coefficient (Wildman–Crippen LogP) is 1.35. The molecule has 20 heavy (non-hydrogen) atoms. The molecule has 1 aromatic rings. The lowest BCUT2D eigenvalue weighted by molar-refractivity contribution is -0.141. The van der Waals surface area contributed by atoms with Gasteiger partial charge in [-0.2, -0.15) is 0 Å². The molecule has 7 heteroatoms. The third-order valence-electron chi connectivity index (χ3n) is 2.81. The third-order valence-corrected chi connectivity index (χ3v) is 3.55. The van der Waals surface area contributed by atoms with E-state index in [4.69, 9.17) is 14.6 Å². The Kier molecular flexibility index (Phi) is 4.49. The molecule has 1 heterocycles. The third kappa shape index (κ3) is 3.41. The number of benzene rings is 1. The molecular weight excluding hydrogens is 330 g/mol. The summed E-state index contributed by atoms with van der Waals surface area (Å²) >= 11 is 3.37. The molecule has 1 aromatic carbocycles. The first-order valence-electron chi connectivity index (χ1n) is 6.07. The van der Waals surface area contributed by atoms with E-state index >= 15 is 0 Å². The van der Waals surface area contributed by atoms with Gasteiger partial charge in [0.25, 0.3) is 0 Å². The molecule has 0 unspecified atom stereocenters. The van der Waals surface area contributed by atoms with Gasteiger partial charge in [-0.25, -0.2) is 0 Å². The number of halogens is 1. The highest BCUT2D eigenvalue weighted by Crippen LogP contribution is 2.35. The monoisotopic (exact) mass is 343 g/mol. The van der Waals surface area contributed by atoms with Crippen LogP contribution in [0.1, 0.15) is 12.5 Å². The van der Waals surface area contributed by atoms with Crippen LogP contribution in [0.15, 0.2) is 16.6 Å². The molecule has 2 N–H and O–H groups in total. The Morgan fingerprint density at radius 3 is 2.55 bits per heavy atom. The molecule has 0 aromatic heterocycles. The first kappa shape index (κ1) is 14.6. The van der Waals surface area contributed by atoms with Crippen molar-refractivity contribution >= 4 is 27.8 Å². The number of ether oxygens (including phenoxy) is 2. The zero-order chi connectivity index (χ0) is 14.7. The minimum Gasteiger partial charge on any atom is -0.486 e. The number of aliphatic carboxylic acids is 1. The lowest BCUT2D eigenvalue weighted by Crippen LogP contribution is -2.39. The topological polar surface area (TPSA) is 84.9 Å². The molecule has 0 saturated heterocycles. The van der Waals surface area contributed by atoms with Crippen LogP contribution in [0.25, 0.3) is 0 Å². The molecule has 0 spiro atoms. The van der Waals surface area contributed by atoms with Crippen molar-refractivity contribution in [2.75, 3.05) is 13.2 Å². The fourth-order valence-corrected chi connectivity index (χ4v) is 2.23. The Balaban J connectivity index is 2.09. The molecule has 0 bridgehead atoms. The van der Waals surface area contributed by atoms with Crippen molar-refractivity contribution in [3.8, 4) is 11.5 Å². The highest BCUT2D eigenvalue weighted by Gasteiger charge is 2.18. The van der Waals surface area contributed by atoms with Crippen molar-refractivity contribution in [3.05, 3.63) is 22.2 Å². The lowest BCUT2D eigenvalue weighted by Gasteiger charge is -2.20. The highest BCUT2D eigenvalue weighted by molar-refractivity contribution is 9.10. The summed E-state index contributed by atoms with van der Waals surface area (Å²) in [4.78, 5) is 22.5. The number of rotatable bonds is 4. The van der Waals surface area contributed by atoms with Crippen molar-refractivity contribution in [1.82, 2.24) is 5.32 Å². The zero-order valence-electron chi connectivity index (χ0n) is 10.8. The number of carboxylic acids is 1. The Hall–Kier alpha value is -1.76. The van der Waals surface area contributed by atoms with Crippen LogP contribution in [-0.4, -0.2) is 36.2 Å². The number of carboxylic acid groups (broad SMARTS) is 1. The molecule has 0 aliphatic carbocycles. The second-order valence-electron chi connectivity index (χ2n) is 4.39. The maximum atomic E-state index is 11.8. The lowest BCUT2D eigenvalue weighted by atomic mass is 10.1. The van der Waals surface area contributed by atoms with Gasteiger partial charge in [-0.1, -0.05) is 15.9 Å². The average molecular weight is 344 g/mol. The maximum Gasteiger partial charge on any atom is 0.325 e. The normalized spacial score (nSPS) is 14.5. The SMILES string of the molecule is C[C@@H](NC(=O)Cc1cc2c(cc1Br)OCCO2)C(=O)O. The molecule has 0 saturated carbocycles. The predicted molar refractivity (Wildman–Crippen MR) is 74.1 cm³/mol. The van der Waals surface area contributed by atoms with Crippen LogP contribution in [-0.2, 0) is 16.0 Å². The van der Waals surface area contributed by atoms with Gasteiger partial charge >= 0.3 is 5.97 Å². The van der Waals surface area contributed by atoms with Gasteiger partial charge in [0.15, 0.2) is 11.5 Å². The van der Waals surface area contributed by atoms with Gasteiger partial charge in [0.1, 0.15) is 19.3 Å². The maximum absolute atomic E-state index is 11.8. The zero-order valence-corrected chi connectivity index (χ0v) is 12.4.